The van der Waals surface area contributed by atoms with Gasteiger partial charge in [0.2, 0.25) is 17.7 Å². The predicted octanol–water partition coefficient (Wildman–Crippen LogP) is 0.669. The van der Waals surface area contributed by atoms with Gasteiger partial charge in [0.1, 0.15) is 5.41 Å². The monoisotopic (exact) mass is 295 g/mol. The first-order valence-corrected chi connectivity index (χ1v) is 7.19. The number of rotatable bonds is 3. The molecule has 1 saturated heterocycles. The summed E-state index contributed by atoms with van der Waals surface area (Å²) in [6.45, 7) is 3.20. The molecule has 0 radical (unpaired) electrons. The standard InChI is InChI=1S/C14H21N3O4/c1-13(2,8-9(15)18)17-11(20)14(6-4-3-5-7-14)10(19)16-12(17)21/h3-8H2,1-2H3,(H2,15,18)(H,16,19,21). The van der Waals surface area contributed by atoms with Crippen LogP contribution in [0.15, 0.2) is 0 Å². The first-order chi connectivity index (χ1) is 9.70. The van der Waals surface area contributed by atoms with Crippen LogP contribution in [0.4, 0.5) is 4.79 Å². The van der Waals surface area contributed by atoms with E-state index in [-0.39, 0.29) is 6.42 Å². The lowest BCUT2D eigenvalue weighted by atomic mass is 9.70. The molecule has 1 heterocycles. The number of urea groups is 1. The Bertz CT molecular complexity index is 506. The summed E-state index contributed by atoms with van der Waals surface area (Å²) in [4.78, 5) is 49.3. The molecule has 1 aliphatic carbocycles. The highest BCUT2D eigenvalue weighted by Gasteiger charge is 2.56. The zero-order valence-electron chi connectivity index (χ0n) is 12.4. The van der Waals surface area contributed by atoms with Gasteiger partial charge in [-0.2, -0.15) is 0 Å². The van der Waals surface area contributed by atoms with Crippen LogP contribution >= 0.6 is 0 Å². The van der Waals surface area contributed by atoms with Crippen molar-refractivity contribution in [3.05, 3.63) is 0 Å². The van der Waals surface area contributed by atoms with Crippen molar-refractivity contribution in [2.75, 3.05) is 0 Å². The highest BCUT2D eigenvalue weighted by molar-refractivity contribution is 6.19. The molecule has 0 aromatic carbocycles. The zero-order valence-corrected chi connectivity index (χ0v) is 12.4. The molecule has 1 saturated carbocycles. The van der Waals surface area contributed by atoms with Gasteiger partial charge in [0, 0.05) is 6.42 Å². The van der Waals surface area contributed by atoms with E-state index in [0.29, 0.717) is 12.8 Å². The van der Waals surface area contributed by atoms with E-state index in [2.05, 4.69) is 5.32 Å². The Labute approximate surface area is 123 Å². The molecular formula is C14H21N3O4. The molecule has 2 aliphatic rings. The van der Waals surface area contributed by atoms with Crippen LogP contribution < -0.4 is 11.1 Å². The van der Waals surface area contributed by atoms with E-state index >= 15 is 0 Å². The van der Waals surface area contributed by atoms with Crippen LogP contribution in [-0.2, 0) is 14.4 Å². The van der Waals surface area contributed by atoms with E-state index in [1.165, 1.54) is 0 Å². The Balaban J connectivity index is 2.37. The minimum atomic E-state index is -1.17. The van der Waals surface area contributed by atoms with E-state index in [1.807, 2.05) is 0 Å². The molecule has 116 valence electrons. The molecule has 1 spiro atoms. The van der Waals surface area contributed by atoms with Gasteiger partial charge in [0.15, 0.2) is 0 Å². The van der Waals surface area contributed by atoms with Gasteiger partial charge in [0.25, 0.3) is 0 Å². The van der Waals surface area contributed by atoms with Gasteiger partial charge in [-0.05, 0) is 26.7 Å². The highest BCUT2D eigenvalue weighted by atomic mass is 16.2. The molecule has 2 fully saturated rings. The molecule has 5 amide bonds. The summed E-state index contributed by atoms with van der Waals surface area (Å²) < 4.78 is 0. The maximum absolute atomic E-state index is 12.8. The number of nitrogens with one attached hydrogen (secondary N) is 1. The van der Waals surface area contributed by atoms with Crippen LogP contribution in [0.5, 0.6) is 0 Å². The summed E-state index contributed by atoms with van der Waals surface area (Å²) in [6, 6.07) is -0.771. The molecular weight excluding hydrogens is 274 g/mol. The second-order valence-electron chi connectivity index (χ2n) is 6.50. The number of amides is 5. The minimum absolute atomic E-state index is 0.142. The second-order valence-corrected chi connectivity index (χ2v) is 6.50. The van der Waals surface area contributed by atoms with Gasteiger partial charge >= 0.3 is 6.03 Å². The fourth-order valence-electron chi connectivity index (χ4n) is 3.33. The molecule has 0 aromatic heterocycles. The fraction of sp³-hybridized carbons (Fsp3) is 0.714. The average Bonchev–Trinajstić information content (AvgIpc) is 2.35. The number of imide groups is 2. The molecule has 7 heteroatoms. The Morgan fingerprint density at radius 3 is 2.33 bits per heavy atom. The predicted molar refractivity (Wildman–Crippen MR) is 73.8 cm³/mol. The maximum atomic E-state index is 12.8. The van der Waals surface area contributed by atoms with E-state index in [0.717, 1.165) is 24.2 Å². The Hall–Kier alpha value is -1.92. The van der Waals surface area contributed by atoms with Crippen molar-refractivity contribution in [2.24, 2.45) is 11.1 Å². The summed E-state index contributed by atoms with van der Waals surface area (Å²) in [6.07, 6.45) is 3.26. The molecule has 0 aromatic rings. The number of nitrogens with two attached hydrogens (primary N) is 1. The highest BCUT2D eigenvalue weighted by Crippen LogP contribution is 2.42. The van der Waals surface area contributed by atoms with E-state index in [9.17, 15) is 19.2 Å². The van der Waals surface area contributed by atoms with Crippen molar-refractivity contribution in [1.82, 2.24) is 10.2 Å². The number of nitrogens with zero attached hydrogens (tertiary/aromatic N) is 1. The third-order valence-electron chi connectivity index (χ3n) is 4.39. The number of hydrogen-bond acceptors (Lipinski definition) is 4. The van der Waals surface area contributed by atoms with Crippen molar-refractivity contribution >= 4 is 23.8 Å². The van der Waals surface area contributed by atoms with Gasteiger partial charge in [0.05, 0.1) is 5.54 Å². The Morgan fingerprint density at radius 2 is 1.81 bits per heavy atom. The largest absolute Gasteiger partial charge is 0.370 e. The van der Waals surface area contributed by atoms with Gasteiger partial charge in [-0.1, -0.05) is 19.3 Å². The lowest BCUT2D eigenvalue weighted by Crippen LogP contribution is -2.69. The van der Waals surface area contributed by atoms with Gasteiger partial charge in [-0.15, -0.1) is 0 Å². The van der Waals surface area contributed by atoms with Crippen LogP contribution in [0.2, 0.25) is 0 Å². The van der Waals surface area contributed by atoms with Crippen LogP contribution in [-0.4, -0.2) is 34.2 Å². The first kappa shape index (κ1) is 15.5. The fourth-order valence-corrected chi connectivity index (χ4v) is 3.33. The number of carbonyl (C=O) groups excluding carboxylic acids is 4. The van der Waals surface area contributed by atoms with E-state index < -0.39 is 34.7 Å². The quantitative estimate of drug-likeness (QED) is 0.745. The van der Waals surface area contributed by atoms with Crippen LogP contribution in [0.25, 0.3) is 0 Å². The van der Waals surface area contributed by atoms with E-state index in [1.54, 1.807) is 13.8 Å². The van der Waals surface area contributed by atoms with Crippen molar-refractivity contribution < 1.29 is 19.2 Å². The lowest BCUT2D eigenvalue weighted by Gasteiger charge is -2.46. The molecule has 7 nitrogen and oxygen atoms in total. The van der Waals surface area contributed by atoms with Crippen molar-refractivity contribution in [3.63, 3.8) is 0 Å². The maximum Gasteiger partial charge on any atom is 0.331 e. The third kappa shape index (κ3) is 2.52. The summed E-state index contributed by atoms with van der Waals surface area (Å²) in [5.74, 6) is -1.61. The Morgan fingerprint density at radius 1 is 1.24 bits per heavy atom. The van der Waals surface area contributed by atoms with Gasteiger partial charge in [-0.25, -0.2) is 4.79 Å². The summed E-state index contributed by atoms with van der Waals surface area (Å²) >= 11 is 0. The summed E-state index contributed by atoms with van der Waals surface area (Å²) in [5, 5.41) is 2.27. The topological polar surface area (TPSA) is 110 Å². The Kier molecular flexibility index (Phi) is 3.78. The lowest BCUT2D eigenvalue weighted by molar-refractivity contribution is -0.157. The molecule has 0 unspecified atom stereocenters. The molecule has 0 atom stereocenters. The van der Waals surface area contributed by atoms with Crippen LogP contribution in [0, 0.1) is 5.41 Å². The zero-order chi connectivity index (χ0) is 15.8. The van der Waals surface area contributed by atoms with Gasteiger partial charge in [-0.3, -0.25) is 24.6 Å². The molecule has 2 rings (SSSR count). The molecule has 0 bridgehead atoms. The van der Waals surface area contributed by atoms with Crippen LogP contribution in [0.3, 0.4) is 0 Å². The van der Waals surface area contributed by atoms with Crippen molar-refractivity contribution in [2.45, 2.75) is 57.9 Å². The minimum Gasteiger partial charge on any atom is -0.370 e. The number of barbiturate groups is 1. The third-order valence-corrected chi connectivity index (χ3v) is 4.39. The van der Waals surface area contributed by atoms with Gasteiger partial charge < -0.3 is 5.73 Å². The SMILES string of the molecule is CC(C)(CC(N)=O)N1C(=O)NC(=O)C2(CCCCC2)C1=O. The van der Waals surface area contributed by atoms with Crippen LogP contribution in [0.1, 0.15) is 52.4 Å². The first-order valence-electron chi connectivity index (χ1n) is 7.19. The van der Waals surface area contributed by atoms with Crippen molar-refractivity contribution in [3.8, 4) is 0 Å². The smallest absolute Gasteiger partial charge is 0.331 e. The van der Waals surface area contributed by atoms with Crippen molar-refractivity contribution in [1.29, 1.82) is 0 Å². The molecule has 1 aliphatic heterocycles. The summed E-state index contributed by atoms with van der Waals surface area (Å²) in [5.41, 5.74) is 2.97. The number of primary amides is 1. The second kappa shape index (κ2) is 5.13. The average molecular weight is 295 g/mol. The normalized spacial score (nSPS) is 22.4. The number of carbonyl (C=O) groups is 4. The number of hydrogen-bond donors (Lipinski definition) is 2. The summed E-state index contributed by atoms with van der Waals surface area (Å²) in [7, 11) is 0. The van der Waals surface area contributed by atoms with E-state index in [4.69, 9.17) is 5.73 Å². The molecule has 21 heavy (non-hydrogen) atoms. The molecule has 3 N–H and O–H groups in total.